The van der Waals surface area contributed by atoms with Crippen LogP contribution < -0.4 is 0 Å². The highest BCUT2D eigenvalue weighted by Crippen LogP contribution is 2.38. The van der Waals surface area contributed by atoms with Crippen molar-refractivity contribution in [1.82, 2.24) is 0 Å². The van der Waals surface area contributed by atoms with Crippen molar-refractivity contribution >= 4 is 0 Å². The van der Waals surface area contributed by atoms with Crippen LogP contribution >= 0.6 is 0 Å². The van der Waals surface area contributed by atoms with E-state index in [1.54, 1.807) is 0 Å². The monoisotopic (exact) mass is 128 g/mol. The standard InChI is InChI=1S/C8H16O/c1-4-7(5-2)8(3)6-9-8/h7H,4-6H2,1-3H3. The molecule has 0 aromatic rings. The van der Waals surface area contributed by atoms with Gasteiger partial charge in [0.2, 0.25) is 0 Å². The van der Waals surface area contributed by atoms with E-state index in [0.717, 1.165) is 12.5 Å². The second-order valence-corrected chi connectivity index (χ2v) is 3.11. The van der Waals surface area contributed by atoms with Gasteiger partial charge in [0.1, 0.15) is 0 Å². The van der Waals surface area contributed by atoms with Crippen LogP contribution in [0.5, 0.6) is 0 Å². The summed E-state index contributed by atoms with van der Waals surface area (Å²) in [7, 11) is 0. The van der Waals surface area contributed by atoms with Gasteiger partial charge < -0.3 is 4.74 Å². The predicted octanol–water partition coefficient (Wildman–Crippen LogP) is 2.21. The Balaban J connectivity index is 2.37. The fourth-order valence-electron chi connectivity index (χ4n) is 1.50. The van der Waals surface area contributed by atoms with E-state index in [-0.39, 0.29) is 5.60 Å². The van der Waals surface area contributed by atoms with Crippen LogP contribution in [0.1, 0.15) is 33.6 Å². The van der Waals surface area contributed by atoms with Gasteiger partial charge in [-0.1, -0.05) is 26.7 Å². The van der Waals surface area contributed by atoms with E-state index >= 15 is 0 Å². The summed E-state index contributed by atoms with van der Waals surface area (Å²) in [6.45, 7) is 7.67. The topological polar surface area (TPSA) is 12.5 Å². The van der Waals surface area contributed by atoms with Crippen molar-refractivity contribution in [2.45, 2.75) is 39.2 Å². The maximum absolute atomic E-state index is 5.34. The molecule has 1 unspecified atom stereocenters. The first-order valence-electron chi connectivity index (χ1n) is 3.87. The van der Waals surface area contributed by atoms with Crippen LogP contribution in [0.4, 0.5) is 0 Å². The van der Waals surface area contributed by atoms with Gasteiger partial charge in [0, 0.05) is 0 Å². The zero-order valence-electron chi connectivity index (χ0n) is 6.61. The maximum Gasteiger partial charge on any atom is 0.0916 e. The van der Waals surface area contributed by atoms with E-state index in [1.165, 1.54) is 12.8 Å². The van der Waals surface area contributed by atoms with E-state index in [9.17, 15) is 0 Å². The number of rotatable bonds is 3. The van der Waals surface area contributed by atoms with Crippen LogP contribution in [0.3, 0.4) is 0 Å². The molecule has 1 heterocycles. The smallest absolute Gasteiger partial charge is 0.0916 e. The molecule has 1 nitrogen and oxygen atoms in total. The summed E-state index contributed by atoms with van der Waals surface area (Å²) in [6, 6.07) is 0. The highest BCUT2D eigenvalue weighted by molar-refractivity contribution is 4.92. The predicted molar refractivity (Wildman–Crippen MR) is 38.4 cm³/mol. The molecule has 0 amide bonds. The minimum absolute atomic E-state index is 0.267. The van der Waals surface area contributed by atoms with Gasteiger partial charge in [-0.3, -0.25) is 0 Å². The second kappa shape index (κ2) is 2.30. The summed E-state index contributed by atoms with van der Waals surface area (Å²) in [5, 5.41) is 0. The molecule has 1 fully saturated rings. The van der Waals surface area contributed by atoms with Crippen LogP contribution in [-0.2, 0) is 4.74 Å². The SMILES string of the molecule is CCC(CC)C1(C)CO1. The molecule has 1 rings (SSSR count). The Morgan fingerprint density at radius 1 is 1.44 bits per heavy atom. The molecule has 0 bridgehead atoms. The second-order valence-electron chi connectivity index (χ2n) is 3.11. The Hall–Kier alpha value is -0.0400. The van der Waals surface area contributed by atoms with Crippen LogP contribution in [0, 0.1) is 5.92 Å². The van der Waals surface area contributed by atoms with Gasteiger partial charge in [0.15, 0.2) is 0 Å². The molecule has 9 heavy (non-hydrogen) atoms. The zero-order valence-corrected chi connectivity index (χ0v) is 6.61. The lowest BCUT2D eigenvalue weighted by Gasteiger charge is -2.15. The molecule has 54 valence electrons. The molecule has 1 aliphatic heterocycles. The van der Waals surface area contributed by atoms with Crippen molar-refractivity contribution in [1.29, 1.82) is 0 Å². The lowest BCUT2D eigenvalue weighted by Crippen LogP contribution is -2.18. The quantitative estimate of drug-likeness (QED) is 0.531. The third kappa shape index (κ3) is 1.26. The number of hydrogen-bond donors (Lipinski definition) is 0. The third-order valence-electron chi connectivity index (χ3n) is 2.45. The molecular weight excluding hydrogens is 112 g/mol. The van der Waals surface area contributed by atoms with E-state index in [4.69, 9.17) is 4.74 Å². The summed E-state index contributed by atoms with van der Waals surface area (Å²) in [5.74, 6) is 0.789. The molecule has 0 aromatic carbocycles. The van der Waals surface area contributed by atoms with E-state index < -0.39 is 0 Å². The average molecular weight is 128 g/mol. The zero-order chi connectivity index (χ0) is 6.91. The van der Waals surface area contributed by atoms with Crippen molar-refractivity contribution in [3.8, 4) is 0 Å². The fraction of sp³-hybridized carbons (Fsp3) is 1.00. The summed E-state index contributed by atoms with van der Waals surface area (Å²) in [5.41, 5.74) is 0.267. The van der Waals surface area contributed by atoms with Crippen molar-refractivity contribution in [3.63, 3.8) is 0 Å². The highest BCUT2D eigenvalue weighted by atomic mass is 16.6. The molecule has 1 heteroatoms. The molecule has 0 radical (unpaired) electrons. The first kappa shape index (κ1) is 7.07. The lowest BCUT2D eigenvalue weighted by atomic mass is 9.90. The molecule has 1 atom stereocenters. The van der Waals surface area contributed by atoms with Gasteiger partial charge in [-0.05, 0) is 12.8 Å². The molecule has 0 aliphatic carbocycles. The van der Waals surface area contributed by atoms with Crippen molar-refractivity contribution < 1.29 is 4.74 Å². The Morgan fingerprint density at radius 3 is 2.00 bits per heavy atom. The minimum Gasteiger partial charge on any atom is -0.370 e. The highest BCUT2D eigenvalue weighted by Gasteiger charge is 2.44. The van der Waals surface area contributed by atoms with Crippen molar-refractivity contribution in [3.05, 3.63) is 0 Å². The van der Waals surface area contributed by atoms with Crippen molar-refractivity contribution in [2.24, 2.45) is 5.92 Å². The Morgan fingerprint density at radius 2 is 1.89 bits per heavy atom. The summed E-state index contributed by atoms with van der Waals surface area (Å²) >= 11 is 0. The lowest BCUT2D eigenvalue weighted by molar-refractivity contribution is 0.224. The van der Waals surface area contributed by atoms with Crippen molar-refractivity contribution in [2.75, 3.05) is 6.61 Å². The minimum atomic E-state index is 0.267. The molecule has 0 aromatic heterocycles. The molecule has 1 aliphatic rings. The normalized spacial score (nSPS) is 33.3. The van der Waals surface area contributed by atoms with Gasteiger partial charge in [-0.25, -0.2) is 0 Å². The van der Waals surface area contributed by atoms with Gasteiger partial charge in [0.05, 0.1) is 12.2 Å². The van der Waals surface area contributed by atoms with E-state index in [0.29, 0.717) is 0 Å². The Kier molecular flexibility index (Phi) is 1.80. The number of hydrogen-bond acceptors (Lipinski definition) is 1. The molecule has 0 N–H and O–H groups in total. The van der Waals surface area contributed by atoms with E-state index in [2.05, 4.69) is 20.8 Å². The maximum atomic E-state index is 5.34. The van der Waals surface area contributed by atoms with Crippen LogP contribution in [0.15, 0.2) is 0 Å². The summed E-state index contributed by atoms with van der Waals surface area (Å²) < 4.78 is 5.34. The number of ether oxygens (including phenoxy) is 1. The fourth-order valence-corrected chi connectivity index (χ4v) is 1.50. The molecule has 1 saturated heterocycles. The van der Waals surface area contributed by atoms with Crippen LogP contribution in [0.25, 0.3) is 0 Å². The van der Waals surface area contributed by atoms with Crippen LogP contribution in [0.2, 0.25) is 0 Å². The van der Waals surface area contributed by atoms with Crippen LogP contribution in [-0.4, -0.2) is 12.2 Å². The number of epoxide rings is 1. The third-order valence-corrected chi connectivity index (χ3v) is 2.45. The van der Waals surface area contributed by atoms with Gasteiger partial charge in [0.25, 0.3) is 0 Å². The average Bonchev–Trinajstić information content (AvgIpc) is 2.52. The van der Waals surface area contributed by atoms with Gasteiger partial charge in [-0.15, -0.1) is 0 Å². The molecular formula is C8H16O. The first-order chi connectivity index (χ1) is 4.23. The Bertz CT molecular complexity index is 90.7. The largest absolute Gasteiger partial charge is 0.370 e. The van der Waals surface area contributed by atoms with E-state index in [1.807, 2.05) is 0 Å². The van der Waals surface area contributed by atoms with Gasteiger partial charge in [-0.2, -0.15) is 0 Å². The molecule has 0 spiro atoms. The summed E-state index contributed by atoms with van der Waals surface area (Å²) in [4.78, 5) is 0. The first-order valence-corrected chi connectivity index (χ1v) is 3.87. The Labute approximate surface area is 57.4 Å². The summed E-state index contributed by atoms with van der Waals surface area (Å²) in [6.07, 6.45) is 2.51. The molecule has 0 saturated carbocycles. The van der Waals surface area contributed by atoms with Gasteiger partial charge >= 0.3 is 0 Å².